The fourth-order valence-corrected chi connectivity index (χ4v) is 6.94. The smallest absolute Gasteiger partial charge is 0.0707 e. The topological polar surface area (TPSA) is 22.2 Å². The van der Waals surface area contributed by atoms with Crippen LogP contribution in [0, 0.1) is 5.92 Å². The van der Waals surface area contributed by atoms with Gasteiger partial charge in [-0.3, -0.25) is 4.99 Å². The molecule has 7 aromatic rings. The molecule has 46 heavy (non-hydrogen) atoms. The second-order valence-corrected chi connectivity index (χ2v) is 12.1. The van der Waals surface area contributed by atoms with Crippen LogP contribution in [0.3, 0.4) is 0 Å². The number of aromatic nitrogens is 2. The van der Waals surface area contributed by atoms with E-state index in [0.29, 0.717) is 5.92 Å². The summed E-state index contributed by atoms with van der Waals surface area (Å²) in [5, 5.41) is 5.03. The Labute approximate surface area is 269 Å². The van der Waals surface area contributed by atoms with Crippen molar-refractivity contribution in [2.45, 2.75) is 20.3 Å². The van der Waals surface area contributed by atoms with Crippen LogP contribution < -0.4 is 0 Å². The van der Waals surface area contributed by atoms with Crippen molar-refractivity contribution in [1.82, 2.24) is 9.13 Å². The highest BCUT2D eigenvalue weighted by molar-refractivity contribution is 6.13. The summed E-state index contributed by atoms with van der Waals surface area (Å²) < 4.78 is 4.85. The lowest BCUT2D eigenvalue weighted by atomic mass is 10.0. The number of hydrogen-bond acceptors (Lipinski definition) is 1. The van der Waals surface area contributed by atoms with Gasteiger partial charge >= 0.3 is 0 Å². The fourth-order valence-electron chi connectivity index (χ4n) is 6.94. The molecule has 1 atom stereocenters. The van der Waals surface area contributed by atoms with Gasteiger partial charge in [0.1, 0.15) is 0 Å². The predicted molar refractivity (Wildman–Crippen MR) is 199 cm³/mol. The van der Waals surface area contributed by atoms with Crippen LogP contribution in [0.4, 0.5) is 5.69 Å². The molecule has 1 aliphatic carbocycles. The average Bonchev–Trinajstić information content (AvgIpc) is 3.60. The number of para-hydroxylation sites is 3. The molecule has 0 N–H and O–H groups in total. The van der Waals surface area contributed by atoms with Crippen molar-refractivity contribution in [2.75, 3.05) is 0 Å². The first-order chi connectivity index (χ1) is 22.7. The molecule has 2 heterocycles. The standard InChI is InChI=1S/C43H35N3/c1-3-4-5-12-26-44-39-19-9-6-16-34(39)31-22-24-37-38-29-33(45-40-20-10-7-17-35(40)36-18-8-11-21-41(36)45)23-25-42(38)46(43(37)28-31)32-15-13-14-30(2)27-32/h3-13,15-30H,14H2,1-2H3/b4-3-,12-5-,44-26?. The van der Waals surface area contributed by atoms with Crippen molar-refractivity contribution in [3.8, 4) is 16.8 Å². The van der Waals surface area contributed by atoms with Gasteiger partial charge in [-0.2, -0.15) is 0 Å². The lowest BCUT2D eigenvalue weighted by Crippen LogP contribution is -2.02. The van der Waals surface area contributed by atoms with Crippen LogP contribution in [0.15, 0.2) is 157 Å². The highest BCUT2D eigenvalue weighted by Crippen LogP contribution is 2.40. The van der Waals surface area contributed by atoms with E-state index in [1.807, 2.05) is 37.4 Å². The zero-order valence-corrected chi connectivity index (χ0v) is 26.1. The van der Waals surface area contributed by atoms with Crippen LogP contribution in [0.1, 0.15) is 20.3 Å². The normalized spacial score (nSPS) is 15.5. The minimum atomic E-state index is 0.484. The summed E-state index contributed by atoms with van der Waals surface area (Å²) in [5.41, 5.74) is 10.5. The van der Waals surface area contributed by atoms with Crippen molar-refractivity contribution in [3.05, 3.63) is 152 Å². The van der Waals surface area contributed by atoms with Crippen LogP contribution in [-0.2, 0) is 0 Å². The molecule has 0 saturated heterocycles. The van der Waals surface area contributed by atoms with E-state index in [9.17, 15) is 0 Å². The van der Waals surface area contributed by atoms with E-state index >= 15 is 0 Å². The van der Waals surface area contributed by atoms with E-state index in [1.54, 1.807) is 0 Å². The van der Waals surface area contributed by atoms with Gasteiger partial charge in [-0.25, -0.2) is 0 Å². The monoisotopic (exact) mass is 593 g/mol. The molecule has 0 amide bonds. The molecule has 222 valence electrons. The highest BCUT2D eigenvalue weighted by Gasteiger charge is 2.19. The molecule has 1 unspecified atom stereocenters. The van der Waals surface area contributed by atoms with E-state index in [2.05, 4.69) is 143 Å². The van der Waals surface area contributed by atoms with E-state index in [4.69, 9.17) is 4.99 Å². The van der Waals surface area contributed by atoms with Crippen molar-refractivity contribution in [2.24, 2.45) is 10.9 Å². The molecule has 3 heteroatoms. The Bertz CT molecular complexity index is 2370. The lowest BCUT2D eigenvalue weighted by Gasteiger charge is -2.16. The molecule has 0 fully saturated rings. The van der Waals surface area contributed by atoms with Crippen LogP contribution in [0.25, 0.3) is 66.1 Å². The fraction of sp³-hybridized carbons (Fsp3) is 0.0930. The Morgan fingerprint density at radius 2 is 1.37 bits per heavy atom. The first-order valence-electron chi connectivity index (χ1n) is 16.1. The average molecular weight is 594 g/mol. The third-order valence-electron chi connectivity index (χ3n) is 9.03. The molecule has 8 rings (SSSR count). The molecule has 0 radical (unpaired) electrons. The highest BCUT2D eigenvalue weighted by atomic mass is 15.0. The van der Waals surface area contributed by atoms with E-state index in [1.165, 1.54) is 55.0 Å². The zero-order chi connectivity index (χ0) is 31.0. The predicted octanol–water partition coefficient (Wildman–Crippen LogP) is 11.8. The minimum Gasteiger partial charge on any atom is -0.310 e. The quantitative estimate of drug-likeness (QED) is 0.135. The second-order valence-electron chi connectivity index (χ2n) is 12.1. The molecule has 2 aromatic heterocycles. The van der Waals surface area contributed by atoms with Gasteiger partial charge in [0.15, 0.2) is 0 Å². The van der Waals surface area contributed by atoms with Gasteiger partial charge in [-0.1, -0.05) is 104 Å². The molecule has 0 spiro atoms. The number of fused-ring (bicyclic) bond motifs is 6. The summed E-state index contributed by atoms with van der Waals surface area (Å²) >= 11 is 0. The Kier molecular flexibility index (Phi) is 7.07. The summed E-state index contributed by atoms with van der Waals surface area (Å²) in [4.78, 5) is 4.81. The van der Waals surface area contributed by atoms with Crippen LogP contribution >= 0.6 is 0 Å². The van der Waals surface area contributed by atoms with Crippen molar-refractivity contribution >= 4 is 61.2 Å². The molecule has 0 aliphatic heterocycles. The maximum atomic E-state index is 4.81. The molecule has 0 saturated carbocycles. The van der Waals surface area contributed by atoms with Gasteiger partial charge in [-0.15, -0.1) is 0 Å². The summed E-state index contributed by atoms with van der Waals surface area (Å²) in [6.45, 7) is 4.31. The first kappa shape index (κ1) is 27.8. The SMILES string of the molecule is C/C=C\C=C/C=Nc1ccccc1-c1ccc2c3cc(-n4c5ccccc5c5ccccc54)ccc3n(C3=CC(C)CC=C3)c2c1. The summed E-state index contributed by atoms with van der Waals surface area (Å²) in [6.07, 6.45) is 17.9. The summed E-state index contributed by atoms with van der Waals surface area (Å²) in [7, 11) is 0. The van der Waals surface area contributed by atoms with Crippen LogP contribution in [-0.4, -0.2) is 15.3 Å². The third-order valence-corrected chi connectivity index (χ3v) is 9.03. The van der Waals surface area contributed by atoms with E-state index in [0.717, 1.165) is 23.2 Å². The van der Waals surface area contributed by atoms with Gasteiger partial charge in [-0.05, 0) is 79.4 Å². The molecule has 0 bridgehead atoms. The van der Waals surface area contributed by atoms with E-state index < -0.39 is 0 Å². The lowest BCUT2D eigenvalue weighted by molar-refractivity contribution is 0.735. The minimum absolute atomic E-state index is 0.484. The second kappa shape index (κ2) is 11.7. The number of allylic oxidation sites excluding steroid dienone is 8. The third kappa shape index (κ3) is 4.72. The Morgan fingerprint density at radius 3 is 2.15 bits per heavy atom. The maximum Gasteiger partial charge on any atom is 0.0707 e. The number of hydrogen-bond donors (Lipinski definition) is 0. The van der Waals surface area contributed by atoms with Crippen molar-refractivity contribution in [3.63, 3.8) is 0 Å². The molecular weight excluding hydrogens is 558 g/mol. The van der Waals surface area contributed by atoms with Gasteiger partial charge < -0.3 is 9.13 Å². The van der Waals surface area contributed by atoms with Crippen molar-refractivity contribution < 1.29 is 0 Å². The van der Waals surface area contributed by atoms with Gasteiger partial charge in [0.05, 0.1) is 27.8 Å². The van der Waals surface area contributed by atoms with E-state index in [-0.39, 0.29) is 0 Å². The summed E-state index contributed by atoms with van der Waals surface area (Å²) in [6, 6.07) is 39.7. The van der Waals surface area contributed by atoms with Crippen molar-refractivity contribution in [1.29, 1.82) is 0 Å². The number of benzene rings is 5. The summed E-state index contributed by atoms with van der Waals surface area (Å²) in [5.74, 6) is 0.484. The Balaban J connectivity index is 1.35. The molecule has 3 nitrogen and oxygen atoms in total. The van der Waals surface area contributed by atoms with Gasteiger partial charge in [0, 0.05) is 44.7 Å². The van der Waals surface area contributed by atoms with Crippen LogP contribution in [0.2, 0.25) is 0 Å². The Hall–Kier alpha value is -5.67. The number of aliphatic imine (C=N–C) groups is 1. The first-order valence-corrected chi connectivity index (χ1v) is 16.1. The van der Waals surface area contributed by atoms with Gasteiger partial charge in [0.2, 0.25) is 0 Å². The molecule has 1 aliphatic rings. The van der Waals surface area contributed by atoms with Gasteiger partial charge in [0.25, 0.3) is 0 Å². The largest absolute Gasteiger partial charge is 0.310 e. The number of rotatable bonds is 6. The maximum absolute atomic E-state index is 4.81. The van der Waals surface area contributed by atoms with Crippen LogP contribution in [0.5, 0.6) is 0 Å². The molecular formula is C43H35N3. The molecule has 5 aromatic carbocycles. The Morgan fingerprint density at radius 1 is 0.652 bits per heavy atom. The number of nitrogens with zero attached hydrogens (tertiary/aromatic N) is 3. The zero-order valence-electron chi connectivity index (χ0n) is 26.1.